The minimum Gasteiger partial charge on any atom is -0.476 e. The lowest BCUT2D eigenvalue weighted by atomic mass is 10.0. The molecule has 4 nitrogen and oxygen atoms in total. The normalized spacial score (nSPS) is 9.21. The number of hydrogen-bond donors (Lipinski definition) is 1. The molecule has 0 spiro atoms. The Morgan fingerprint density at radius 3 is 2.36 bits per heavy atom. The molecule has 0 aliphatic heterocycles. The molecule has 0 saturated carbocycles. The number of aromatic nitrogens is 2. The zero-order chi connectivity index (χ0) is 11.1. The van der Waals surface area contributed by atoms with Gasteiger partial charge in [0.2, 0.25) is 0 Å². The summed E-state index contributed by atoms with van der Waals surface area (Å²) in [7, 11) is 0. The van der Waals surface area contributed by atoms with Crippen LogP contribution in [-0.2, 0) is 0 Å². The van der Waals surface area contributed by atoms with Crippen molar-refractivity contribution in [2.45, 2.75) is 33.6 Å². The first kappa shape index (κ1) is 12.6. The van der Waals surface area contributed by atoms with E-state index in [1.807, 2.05) is 27.7 Å². The number of hydrogen-bond acceptors (Lipinski definition) is 3. The van der Waals surface area contributed by atoms with Crippen LogP contribution in [0.15, 0.2) is 12.3 Å². The summed E-state index contributed by atoms with van der Waals surface area (Å²) >= 11 is 0. The van der Waals surface area contributed by atoms with E-state index in [9.17, 15) is 4.79 Å². The summed E-state index contributed by atoms with van der Waals surface area (Å²) < 4.78 is 0. The number of aromatic carboxylic acids is 1. The maximum absolute atomic E-state index is 10.6. The lowest BCUT2D eigenvalue weighted by Crippen LogP contribution is -2.07. The quantitative estimate of drug-likeness (QED) is 0.788. The summed E-state index contributed by atoms with van der Waals surface area (Å²) in [6, 6.07) is 1.68. The van der Waals surface area contributed by atoms with E-state index in [1.165, 1.54) is 6.20 Å². The Hall–Kier alpha value is -1.45. The van der Waals surface area contributed by atoms with Gasteiger partial charge in [-0.05, 0) is 17.5 Å². The third-order valence-corrected chi connectivity index (χ3v) is 1.58. The van der Waals surface area contributed by atoms with Crippen molar-refractivity contribution in [1.82, 2.24) is 10.2 Å². The number of nitrogens with zero attached hydrogens (tertiary/aromatic N) is 2. The van der Waals surface area contributed by atoms with Crippen LogP contribution in [-0.4, -0.2) is 21.3 Å². The second-order valence-corrected chi connectivity index (χ2v) is 2.80. The largest absolute Gasteiger partial charge is 0.476 e. The number of rotatable bonds is 2. The molecular formula is C10H16N2O2. The first-order chi connectivity index (χ1) is 6.63. The van der Waals surface area contributed by atoms with E-state index in [0.29, 0.717) is 0 Å². The van der Waals surface area contributed by atoms with Gasteiger partial charge in [0.25, 0.3) is 0 Å². The molecular weight excluding hydrogens is 180 g/mol. The Balaban J connectivity index is 0.000000791. The Bertz CT molecular complexity index is 298. The maximum Gasteiger partial charge on any atom is 0.356 e. The van der Waals surface area contributed by atoms with Crippen LogP contribution >= 0.6 is 0 Å². The molecule has 0 aliphatic rings. The zero-order valence-corrected chi connectivity index (χ0v) is 8.98. The van der Waals surface area contributed by atoms with E-state index in [-0.39, 0.29) is 11.6 Å². The van der Waals surface area contributed by atoms with Crippen molar-refractivity contribution in [2.24, 2.45) is 0 Å². The van der Waals surface area contributed by atoms with E-state index < -0.39 is 5.97 Å². The average molecular weight is 196 g/mol. The molecule has 0 bridgehead atoms. The van der Waals surface area contributed by atoms with Gasteiger partial charge in [-0.15, -0.1) is 5.10 Å². The molecule has 0 saturated heterocycles. The minimum absolute atomic E-state index is 0.0486. The summed E-state index contributed by atoms with van der Waals surface area (Å²) in [4.78, 5) is 10.6. The Kier molecular flexibility index (Phi) is 5.44. The van der Waals surface area contributed by atoms with E-state index in [1.54, 1.807) is 6.07 Å². The van der Waals surface area contributed by atoms with Crippen molar-refractivity contribution in [3.05, 3.63) is 23.5 Å². The lowest BCUT2D eigenvalue weighted by Gasteiger charge is -2.05. The van der Waals surface area contributed by atoms with Crippen molar-refractivity contribution < 1.29 is 9.90 Å². The van der Waals surface area contributed by atoms with E-state index >= 15 is 0 Å². The van der Waals surface area contributed by atoms with E-state index in [4.69, 9.17) is 5.11 Å². The van der Waals surface area contributed by atoms with E-state index in [2.05, 4.69) is 10.2 Å². The second kappa shape index (κ2) is 6.07. The molecule has 0 aliphatic carbocycles. The molecule has 1 aromatic rings. The van der Waals surface area contributed by atoms with Crippen LogP contribution in [0.2, 0.25) is 0 Å². The summed E-state index contributed by atoms with van der Waals surface area (Å²) in [6.45, 7) is 7.84. The highest BCUT2D eigenvalue weighted by atomic mass is 16.4. The molecule has 1 N–H and O–H groups in total. The number of carbonyl (C=O) groups is 1. The highest BCUT2D eigenvalue weighted by molar-refractivity contribution is 5.86. The monoisotopic (exact) mass is 196 g/mol. The molecule has 0 aromatic carbocycles. The van der Waals surface area contributed by atoms with Gasteiger partial charge in [0, 0.05) is 6.20 Å². The maximum atomic E-state index is 10.6. The summed E-state index contributed by atoms with van der Waals surface area (Å²) in [6.07, 6.45) is 1.50. The molecule has 78 valence electrons. The number of carboxylic acids is 1. The lowest BCUT2D eigenvalue weighted by molar-refractivity contribution is 0.0687. The van der Waals surface area contributed by atoms with Gasteiger partial charge in [-0.2, -0.15) is 5.10 Å². The second-order valence-electron chi connectivity index (χ2n) is 2.80. The number of carboxylic acid groups (broad SMARTS) is 1. The van der Waals surface area contributed by atoms with Crippen LogP contribution in [0, 0.1) is 0 Å². The molecule has 0 fully saturated rings. The fraction of sp³-hybridized carbons (Fsp3) is 0.500. The Morgan fingerprint density at radius 2 is 2.00 bits per heavy atom. The molecule has 4 heteroatoms. The van der Waals surface area contributed by atoms with Crippen molar-refractivity contribution in [2.75, 3.05) is 0 Å². The molecule has 1 heterocycles. The molecule has 0 atom stereocenters. The highest BCUT2D eigenvalue weighted by Crippen LogP contribution is 2.15. The smallest absolute Gasteiger partial charge is 0.356 e. The summed E-state index contributed by atoms with van der Waals surface area (Å²) in [5.41, 5.74) is 0.769. The van der Waals surface area contributed by atoms with Crippen molar-refractivity contribution >= 4 is 5.97 Å². The van der Waals surface area contributed by atoms with Gasteiger partial charge in [0.05, 0.1) is 0 Å². The van der Waals surface area contributed by atoms with Gasteiger partial charge in [-0.1, -0.05) is 27.7 Å². The third-order valence-electron chi connectivity index (χ3n) is 1.58. The fourth-order valence-electron chi connectivity index (χ4n) is 0.974. The predicted molar refractivity (Wildman–Crippen MR) is 54.4 cm³/mol. The zero-order valence-electron chi connectivity index (χ0n) is 8.98. The SMILES string of the molecule is CC.CC(C)c1ccnnc1C(=O)O. The van der Waals surface area contributed by atoms with Gasteiger partial charge in [-0.25, -0.2) is 4.79 Å². The summed E-state index contributed by atoms with van der Waals surface area (Å²) in [5, 5.41) is 15.8. The molecule has 14 heavy (non-hydrogen) atoms. The molecule has 0 unspecified atom stereocenters. The predicted octanol–water partition coefficient (Wildman–Crippen LogP) is 2.32. The Morgan fingerprint density at radius 1 is 1.43 bits per heavy atom. The van der Waals surface area contributed by atoms with E-state index in [0.717, 1.165) is 5.56 Å². The van der Waals surface area contributed by atoms with Gasteiger partial charge < -0.3 is 5.11 Å². The van der Waals surface area contributed by atoms with Gasteiger partial charge in [-0.3, -0.25) is 0 Å². The van der Waals surface area contributed by atoms with Gasteiger partial charge >= 0.3 is 5.97 Å². The van der Waals surface area contributed by atoms with Crippen LogP contribution in [0.1, 0.15) is 49.7 Å². The highest BCUT2D eigenvalue weighted by Gasteiger charge is 2.13. The Labute approximate surface area is 84.0 Å². The topological polar surface area (TPSA) is 63.1 Å². The molecule has 1 rings (SSSR count). The first-order valence-electron chi connectivity index (χ1n) is 4.67. The molecule has 1 aromatic heterocycles. The first-order valence-corrected chi connectivity index (χ1v) is 4.67. The fourth-order valence-corrected chi connectivity index (χ4v) is 0.974. The van der Waals surface area contributed by atoms with Gasteiger partial charge in [0.1, 0.15) is 0 Å². The van der Waals surface area contributed by atoms with Crippen LogP contribution in [0.25, 0.3) is 0 Å². The van der Waals surface area contributed by atoms with Crippen LogP contribution in [0.5, 0.6) is 0 Å². The van der Waals surface area contributed by atoms with Crippen molar-refractivity contribution in [1.29, 1.82) is 0 Å². The third kappa shape index (κ3) is 3.12. The van der Waals surface area contributed by atoms with Crippen LogP contribution in [0.4, 0.5) is 0 Å². The summed E-state index contributed by atoms with van der Waals surface area (Å²) in [5.74, 6) is -0.863. The minimum atomic E-state index is -1.02. The average Bonchev–Trinajstić information content (AvgIpc) is 2.20. The van der Waals surface area contributed by atoms with Gasteiger partial charge in [0.15, 0.2) is 5.69 Å². The molecule has 0 amide bonds. The van der Waals surface area contributed by atoms with Crippen LogP contribution < -0.4 is 0 Å². The standard InChI is InChI=1S/C8H10N2O2.C2H6/c1-5(2)6-3-4-9-10-7(6)8(11)12;1-2/h3-5H,1-2H3,(H,11,12);1-2H3. The van der Waals surface area contributed by atoms with Crippen LogP contribution in [0.3, 0.4) is 0 Å². The molecule has 0 radical (unpaired) electrons. The van der Waals surface area contributed by atoms with Crippen molar-refractivity contribution in [3.8, 4) is 0 Å². The van der Waals surface area contributed by atoms with Crippen molar-refractivity contribution in [3.63, 3.8) is 0 Å².